The lowest BCUT2D eigenvalue weighted by Gasteiger charge is -2.46. The van der Waals surface area contributed by atoms with Crippen molar-refractivity contribution in [2.45, 2.75) is 44.8 Å². The van der Waals surface area contributed by atoms with E-state index >= 15 is 0 Å². The molecule has 1 saturated heterocycles. The monoisotopic (exact) mass is 226 g/mol. The highest BCUT2D eigenvalue weighted by Gasteiger charge is 2.51. The number of carbonyl (C=O) groups excluding carboxylic acids is 1. The van der Waals surface area contributed by atoms with E-state index in [2.05, 4.69) is 12.2 Å². The standard InChI is InChI=1S/C12H22N2O2/c1-3-9(2)13-11(15)6-14-7-12(16,8-14)10-4-5-10/h9-10,16H,3-8H2,1-2H3,(H,13,15). The third kappa shape index (κ3) is 2.55. The highest BCUT2D eigenvalue weighted by Crippen LogP contribution is 2.44. The van der Waals surface area contributed by atoms with Gasteiger partial charge >= 0.3 is 0 Å². The Morgan fingerprint density at radius 2 is 2.19 bits per heavy atom. The van der Waals surface area contributed by atoms with Crippen LogP contribution < -0.4 is 5.32 Å². The number of β-amino-alcohol motifs (C(OH)–C–C–N with tert-alkyl or cyclic N) is 1. The molecule has 2 N–H and O–H groups in total. The number of rotatable bonds is 5. The Labute approximate surface area is 97.0 Å². The van der Waals surface area contributed by atoms with Gasteiger partial charge in [0.1, 0.15) is 0 Å². The maximum atomic E-state index is 11.6. The lowest BCUT2D eigenvalue weighted by atomic mass is 9.89. The lowest BCUT2D eigenvalue weighted by molar-refractivity contribution is -0.137. The molecule has 1 atom stereocenters. The highest BCUT2D eigenvalue weighted by molar-refractivity contribution is 5.78. The fraction of sp³-hybridized carbons (Fsp3) is 0.917. The van der Waals surface area contributed by atoms with Crippen LogP contribution in [0.25, 0.3) is 0 Å². The molecule has 0 bridgehead atoms. The molecule has 1 saturated carbocycles. The molecule has 16 heavy (non-hydrogen) atoms. The summed E-state index contributed by atoms with van der Waals surface area (Å²) in [5.74, 6) is 0.577. The molecule has 0 aromatic heterocycles. The predicted octanol–water partition coefficient (Wildman–Crippen LogP) is 0.358. The van der Waals surface area contributed by atoms with Crippen molar-refractivity contribution >= 4 is 5.91 Å². The Morgan fingerprint density at radius 3 is 2.69 bits per heavy atom. The Bertz CT molecular complexity index is 270. The van der Waals surface area contributed by atoms with Crippen molar-refractivity contribution in [1.29, 1.82) is 0 Å². The van der Waals surface area contributed by atoms with E-state index < -0.39 is 5.60 Å². The first kappa shape index (κ1) is 11.9. The molecule has 0 aromatic rings. The summed E-state index contributed by atoms with van der Waals surface area (Å²) in [4.78, 5) is 13.6. The normalized spacial score (nSPS) is 25.9. The van der Waals surface area contributed by atoms with Crippen molar-refractivity contribution < 1.29 is 9.90 Å². The lowest BCUT2D eigenvalue weighted by Crippen LogP contribution is -2.64. The number of hydrogen-bond donors (Lipinski definition) is 2. The van der Waals surface area contributed by atoms with Crippen LogP contribution in [0.15, 0.2) is 0 Å². The number of nitrogens with zero attached hydrogens (tertiary/aromatic N) is 1. The quantitative estimate of drug-likeness (QED) is 0.711. The third-order valence-electron chi connectivity index (χ3n) is 3.72. The van der Waals surface area contributed by atoms with Gasteiger partial charge in [-0.1, -0.05) is 6.92 Å². The second-order valence-electron chi connectivity index (χ2n) is 5.40. The van der Waals surface area contributed by atoms with Gasteiger partial charge in [0.15, 0.2) is 0 Å². The summed E-state index contributed by atoms with van der Waals surface area (Å²) < 4.78 is 0. The Balaban J connectivity index is 1.66. The van der Waals surface area contributed by atoms with E-state index in [4.69, 9.17) is 0 Å². The van der Waals surface area contributed by atoms with E-state index in [1.807, 2.05) is 11.8 Å². The maximum Gasteiger partial charge on any atom is 0.234 e. The second-order valence-corrected chi connectivity index (χ2v) is 5.40. The molecule has 2 aliphatic rings. The molecule has 1 heterocycles. The van der Waals surface area contributed by atoms with Gasteiger partial charge in [-0.15, -0.1) is 0 Å². The molecule has 0 radical (unpaired) electrons. The zero-order valence-corrected chi connectivity index (χ0v) is 10.2. The van der Waals surface area contributed by atoms with Gasteiger partial charge < -0.3 is 10.4 Å². The Morgan fingerprint density at radius 1 is 1.56 bits per heavy atom. The summed E-state index contributed by atoms with van der Waals surface area (Å²) in [7, 11) is 0. The third-order valence-corrected chi connectivity index (χ3v) is 3.72. The fourth-order valence-corrected chi connectivity index (χ4v) is 2.34. The molecule has 1 aliphatic heterocycles. The topological polar surface area (TPSA) is 52.6 Å². The van der Waals surface area contributed by atoms with E-state index in [0.717, 1.165) is 19.3 Å². The van der Waals surface area contributed by atoms with E-state index in [-0.39, 0.29) is 11.9 Å². The summed E-state index contributed by atoms with van der Waals surface area (Å²) in [6.45, 7) is 5.84. The zero-order valence-electron chi connectivity index (χ0n) is 10.2. The minimum atomic E-state index is -0.476. The van der Waals surface area contributed by atoms with Crippen molar-refractivity contribution in [1.82, 2.24) is 10.2 Å². The fourth-order valence-electron chi connectivity index (χ4n) is 2.34. The number of amides is 1. The van der Waals surface area contributed by atoms with Gasteiger partial charge in [0.05, 0.1) is 12.1 Å². The molecule has 1 amide bonds. The van der Waals surface area contributed by atoms with Gasteiger partial charge in [0.25, 0.3) is 0 Å². The van der Waals surface area contributed by atoms with Crippen LogP contribution in [0.2, 0.25) is 0 Å². The molecule has 0 spiro atoms. The Hall–Kier alpha value is -0.610. The van der Waals surface area contributed by atoms with Crippen LogP contribution >= 0.6 is 0 Å². The van der Waals surface area contributed by atoms with Crippen LogP contribution in [0.3, 0.4) is 0 Å². The van der Waals surface area contributed by atoms with Crippen molar-refractivity contribution in [2.24, 2.45) is 5.92 Å². The molecule has 1 unspecified atom stereocenters. The molecular weight excluding hydrogens is 204 g/mol. The van der Waals surface area contributed by atoms with Gasteiger partial charge in [0, 0.05) is 19.1 Å². The predicted molar refractivity (Wildman–Crippen MR) is 62.0 cm³/mol. The molecule has 0 aromatic carbocycles. The van der Waals surface area contributed by atoms with E-state index in [1.165, 1.54) is 0 Å². The Kier molecular flexibility index (Phi) is 3.22. The summed E-state index contributed by atoms with van der Waals surface area (Å²) in [6.07, 6.45) is 3.27. The SMILES string of the molecule is CCC(C)NC(=O)CN1CC(O)(C2CC2)C1. The summed E-state index contributed by atoms with van der Waals surface area (Å²) >= 11 is 0. The molecule has 2 fully saturated rings. The van der Waals surface area contributed by atoms with Gasteiger partial charge in [-0.25, -0.2) is 0 Å². The number of nitrogens with one attached hydrogen (secondary N) is 1. The molecular formula is C12H22N2O2. The summed E-state index contributed by atoms with van der Waals surface area (Å²) in [6, 6.07) is 0.246. The highest BCUT2D eigenvalue weighted by atomic mass is 16.3. The van der Waals surface area contributed by atoms with Gasteiger partial charge in [-0.3, -0.25) is 9.69 Å². The average Bonchev–Trinajstić information content (AvgIpc) is 2.97. The maximum absolute atomic E-state index is 11.6. The van der Waals surface area contributed by atoms with Crippen molar-refractivity contribution in [3.8, 4) is 0 Å². The average molecular weight is 226 g/mol. The van der Waals surface area contributed by atoms with Gasteiger partial charge in [0.2, 0.25) is 5.91 Å². The molecule has 1 aliphatic carbocycles. The van der Waals surface area contributed by atoms with E-state index in [9.17, 15) is 9.90 Å². The molecule has 2 rings (SSSR count). The van der Waals surface area contributed by atoms with Crippen molar-refractivity contribution in [3.05, 3.63) is 0 Å². The van der Waals surface area contributed by atoms with Crippen LogP contribution in [-0.4, -0.2) is 47.2 Å². The van der Waals surface area contributed by atoms with Crippen molar-refractivity contribution in [2.75, 3.05) is 19.6 Å². The van der Waals surface area contributed by atoms with Crippen molar-refractivity contribution in [3.63, 3.8) is 0 Å². The van der Waals surface area contributed by atoms with E-state index in [0.29, 0.717) is 25.6 Å². The molecule has 92 valence electrons. The van der Waals surface area contributed by atoms with E-state index in [1.54, 1.807) is 0 Å². The van der Waals surface area contributed by atoms with Crippen LogP contribution in [-0.2, 0) is 4.79 Å². The van der Waals surface area contributed by atoms with Gasteiger partial charge in [-0.05, 0) is 32.1 Å². The number of hydrogen-bond acceptors (Lipinski definition) is 3. The minimum Gasteiger partial charge on any atom is -0.387 e. The number of likely N-dealkylation sites (tertiary alicyclic amines) is 1. The first-order chi connectivity index (χ1) is 7.53. The summed E-state index contributed by atoms with van der Waals surface area (Å²) in [5, 5.41) is 13.0. The number of carbonyl (C=O) groups is 1. The summed E-state index contributed by atoms with van der Waals surface area (Å²) in [5.41, 5.74) is -0.476. The first-order valence-electron chi connectivity index (χ1n) is 6.27. The smallest absolute Gasteiger partial charge is 0.234 e. The first-order valence-corrected chi connectivity index (χ1v) is 6.27. The van der Waals surface area contributed by atoms with Crippen LogP contribution in [0, 0.1) is 5.92 Å². The molecule has 4 heteroatoms. The van der Waals surface area contributed by atoms with Crippen LogP contribution in [0.5, 0.6) is 0 Å². The van der Waals surface area contributed by atoms with Crippen LogP contribution in [0.1, 0.15) is 33.1 Å². The number of aliphatic hydroxyl groups is 1. The molecule has 4 nitrogen and oxygen atoms in total. The minimum absolute atomic E-state index is 0.0761. The zero-order chi connectivity index (χ0) is 11.8. The van der Waals surface area contributed by atoms with Crippen LogP contribution in [0.4, 0.5) is 0 Å². The second kappa shape index (κ2) is 4.34. The largest absolute Gasteiger partial charge is 0.387 e. The van der Waals surface area contributed by atoms with Gasteiger partial charge in [-0.2, -0.15) is 0 Å².